The summed E-state index contributed by atoms with van der Waals surface area (Å²) in [6.07, 6.45) is 23.0. The maximum Gasteiger partial charge on any atom is 2.00 e. The number of hydrogen-bond donors (Lipinski definition) is 0. The van der Waals surface area contributed by atoms with Gasteiger partial charge >= 0.3 is 79.4 Å². The van der Waals surface area contributed by atoms with E-state index in [1.165, 1.54) is 44.5 Å². The number of rotatable bonds is 1. The van der Waals surface area contributed by atoms with Crippen LogP contribution >= 0.6 is 0 Å². The van der Waals surface area contributed by atoms with Crippen LogP contribution in [0.25, 0.3) is 0 Å². The first-order valence-corrected chi connectivity index (χ1v) is 20.5. The molecule has 1 aromatic rings. The Hall–Kier alpha value is 0.316. The smallest absolute Gasteiger partial charge is 2.00 e. The quantitative estimate of drug-likeness (QED) is 0.199. The summed E-state index contributed by atoms with van der Waals surface area (Å²) < 4.78 is 0. The topological polar surface area (TPSA) is 0 Å². The Morgan fingerprint density at radius 2 is 1.26 bits per heavy atom. The van der Waals surface area contributed by atoms with Crippen LogP contribution in [0.2, 0.25) is 24.6 Å². The third kappa shape index (κ3) is 23.1. The number of allylic oxidation sites excluding steroid dienone is 12. The molecule has 0 amide bonds. The monoisotopic (exact) mass is 744 g/mol. The van der Waals surface area contributed by atoms with Crippen molar-refractivity contribution in [2.24, 2.45) is 5.92 Å². The van der Waals surface area contributed by atoms with Gasteiger partial charge in [0, 0.05) is 9.52 Å². The van der Waals surface area contributed by atoms with Crippen LogP contribution in [0, 0.1) is 51.8 Å². The summed E-state index contributed by atoms with van der Waals surface area (Å²) in [6.45, 7) is 23.8. The van der Waals surface area contributed by atoms with Crippen molar-refractivity contribution in [2.75, 3.05) is 0 Å². The minimum atomic E-state index is 0. The minimum absolute atomic E-state index is 0. The fraction of sp³-hybridized carbons (Fsp3) is 0.500. The van der Waals surface area contributed by atoms with Gasteiger partial charge in [0.1, 0.15) is 0 Å². The predicted octanol–water partition coefficient (Wildman–Crippen LogP) is 9.79. The molecule has 0 aliphatic heterocycles. The van der Waals surface area contributed by atoms with Crippen LogP contribution in [0.4, 0.5) is 0 Å². The van der Waals surface area contributed by atoms with Gasteiger partial charge in [-0.15, -0.1) is 26.7 Å². The van der Waals surface area contributed by atoms with Gasteiger partial charge in [0.15, 0.2) is 0 Å². The fourth-order valence-electron chi connectivity index (χ4n) is 3.08. The standard InChI is InChI=1S/C9H13.C8H11.C7H9.C6H7.C2H7Ge.C2H7Si.2Zr/c1-6-5-7(2)9(4)8(6)3;1-7(2)8-5-3-4-6-8;1-6-4-3-5-7(6)2;1-6-4-2-3-5-6;2*1-3-2;;/h5H,1-4H3;5-7H,3H2,1-2H3;3H,4H2,1-2H3;4-5H,2H2,1H3;2*3H,1-2H3;;/q4*-1;;;2*+2. The summed E-state index contributed by atoms with van der Waals surface area (Å²) in [5, 5.41) is 0. The van der Waals surface area contributed by atoms with Gasteiger partial charge in [-0.05, 0) is 0 Å². The Morgan fingerprint density at radius 1 is 0.816 bits per heavy atom. The molecule has 0 atom stereocenters. The zero-order valence-corrected chi connectivity index (χ0v) is 35.3. The first kappa shape index (κ1) is 45.3. The van der Waals surface area contributed by atoms with Gasteiger partial charge in [-0.2, -0.15) is 52.1 Å². The van der Waals surface area contributed by atoms with Crippen molar-refractivity contribution in [2.45, 2.75) is 106 Å². The average Bonchev–Trinajstić information content (AvgIpc) is 3.62. The Morgan fingerprint density at radius 3 is 1.39 bits per heavy atom. The molecule has 4 heteroatoms. The second-order valence-corrected chi connectivity index (χ2v) is 13.4. The molecule has 0 fully saturated rings. The van der Waals surface area contributed by atoms with Crippen LogP contribution in [0.1, 0.15) is 76.1 Å². The fourth-order valence-corrected chi connectivity index (χ4v) is 3.08. The third-order valence-electron chi connectivity index (χ3n) is 5.81. The second kappa shape index (κ2) is 28.8. The molecule has 3 aliphatic carbocycles. The van der Waals surface area contributed by atoms with Crippen LogP contribution < -0.4 is 0 Å². The molecule has 0 aromatic heterocycles. The summed E-state index contributed by atoms with van der Waals surface area (Å²) in [5.74, 6) is 5.25. The van der Waals surface area contributed by atoms with E-state index < -0.39 is 0 Å². The number of aryl methyl sites for hydroxylation is 2. The van der Waals surface area contributed by atoms with Crippen LogP contribution in [-0.4, -0.2) is 25.0 Å². The zero-order chi connectivity index (χ0) is 28.1. The molecule has 2 radical (unpaired) electrons. The summed E-state index contributed by atoms with van der Waals surface area (Å²) in [7, 11) is 0.750. The van der Waals surface area contributed by atoms with Gasteiger partial charge in [-0.25, -0.2) is 28.9 Å². The molecule has 0 nitrogen and oxygen atoms in total. The van der Waals surface area contributed by atoms with Gasteiger partial charge in [-0.1, -0.05) is 73.9 Å². The molecule has 206 valence electrons. The molecular weight excluding hydrogens is 692 g/mol. The predicted molar refractivity (Wildman–Crippen MR) is 171 cm³/mol. The number of hydrogen-bond acceptors (Lipinski definition) is 0. The van der Waals surface area contributed by atoms with E-state index >= 15 is 0 Å². The van der Waals surface area contributed by atoms with Crippen LogP contribution in [0.5, 0.6) is 0 Å². The molecular formula is C34H54GeSiZr2. The third-order valence-corrected chi connectivity index (χ3v) is 5.81. The van der Waals surface area contributed by atoms with E-state index in [2.05, 4.69) is 136 Å². The molecule has 0 saturated heterocycles. The molecule has 0 saturated carbocycles. The molecule has 0 spiro atoms. The van der Waals surface area contributed by atoms with Crippen molar-refractivity contribution in [3.05, 3.63) is 99.2 Å². The van der Waals surface area contributed by atoms with Gasteiger partial charge < -0.3 is 0 Å². The Kier molecular flexibility index (Phi) is 34.4. The second-order valence-electron chi connectivity index (χ2n) is 9.79. The van der Waals surface area contributed by atoms with Crippen molar-refractivity contribution in [1.82, 2.24) is 0 Å². The van der Waals surface area contributed by atoms with Crippen molar-refractivity contribution < 1.29 is 52.4 Å². The summed E-state index contributed by atoms with van der Waals surface area (Å²) in [5.41, 5.74) is 11.3. The van der Waals surface area contributed by atoms with Crippen molar-refractivity contribution >= 4 is 25.0 Å². The summed E-state index contributed by atoms with van der Waals surface area (Å²) in [6, 6.07) is 2.24. The minimum Gasteiger partial charge on any atom is 2.00 e. The zero-order valence-electron chi connectivity index (χ0n) is 26.8. The molecule has 0 bridgehead atoms. The Balaban J connectivity index is -0.000000188. The average molecular weight is 746 g/mol. The van der Waals surface area contributed by atoms with Gasteiger partial charge in [0.2, 0.25) is 0 Å². The van der Waals surface area contributed by atoms with Crippen molar-refractivity contribution in [1.29, 1.82) is 0 Å². The normalized spacial score (nSPS) is 13.5. The van der Waals surface area contributed by atoms with E-state index in [4.69, 9.17) is 0 Å². The maximum atomic E-state index is 3.14. The van der Waals surface area contributed by atoms with E-state index in [0.29, 0.717) is 21.3 Å². The van der Waals surface area contributed by atoms with E-state index in [1.54, 1.807) is 0 Å². The van der Waals surface area contributed by atoms with Gasteiger partial charge in [-0.3, -0.25) is 18.2 Å². The first-order valence-electron chi connectivity index (χ1n) is 13.4. The van der Waals surface area contributed by atoms with E-state index in [1.807, 2.05) is 6.08 Å². The summed E-state index contributed by atoms with van der Waals surface area (Å²) >= 11 is 0.312. The largest absolute Gasteiger partial charge is 2.00 e. The Bertz CT molecular complexity index is 882. The molecule has 0 heterocycles. The molecule has 0 N–H and O–H groups in total. The Labute approximate surface area is 286 Å². The van der Waals surface area contributed by atoms with Gasteiger partial charge in [0.05, 0.1) is 0 Å². The molecule has 3 aliphatic rings. The SMILES string of the molecule is CC(C)C1=CC[C-]=C1.CC1=C(C)CC=[C-]1.CC1=CC[C-]=C1.C[SiH]C.Cc1[cH-]c(C)c(C)c1C.[CH3][GeH][CH3].[Zr+2].[Zr+2]. The molecule has 1 aromatic carbocycles. The molecule has 4 rings (SSSR count). The van der Waals surface area contributed by atoms with Gasteiger partial charge in [0.25, 0.3) is 0 Å². The summed E-state index contributed by atoms with van der Waals surface area (Å²) in [4.78, 5) is 0. The van der Waals surface area contributed by atoms with E-state index in [9.17, 15) is 0 Å². The first-order chi connectivity index (χ1) is 17.0. The van der Waals surface area contributed by atoms with E-state index in [0.717, 1.165) is 28.8 Å². The maximum absolute atomic E-state index is 3.14. The molecule has 38 heavy (non-hydrogen) atoms. The van der Waals surface area contributed by atoms with Crippen molar-refractivity contribution in [3.8, 4) is 0 Å². The van der Waals surface area contributed by atoms with Crippen LogP contribution in [-0.2, 0) is 52.4 Å². The van der Waals surface area contributed by atoms with Crippen LogP contribution in [0.15, 0.2) is 58.7 Å². The van der Waals surface area contributed by atoms with E-state index in [-0.39, 0.29) is 52.4 Å². The van der Waals surface area contributed by atoms with Crippen molar-refractivity contribution in [3.63, 3.8) is 0 Å². The molecule has 0 unspecified atom stereocenters. The van der Waals surface area contributed by atoms with Crippen LogP contribution in [0.3, 0.4) is 0 Å².